The fourth-order valence-corrected chi connectivity index (χ4v) is 0.228. The van der Waals surface area contributed by atoms with E-state index in [0.29, 0.717) is 0 Å². The Morgan fingerprint density at radius 2 is 2.67 bits per heavy atom. The normalized spacial score (nSPS) is 18.3. The van der Waals surface area contributed by atoms with E-state index < -0.39 is 5.95 Å². The summed E-state index contributed by atoms with van der Waals surface area (Å²) < 4.78 is 8.60. The molecule has 0 atom stereocenters. The second-order valence-corrected chi connectivity index (χ2v) is 0.866. The molecule has 0 unspecified atom stereocenters. The Kier molecular flexibility index (Phi) is 0.602. The maximum Gasteiger partial charge on any atom is 0.368 e. The van der Waals surface area contributed by atoms with Crippen molar-refractivity contribution < 1.29 is 14.6 Å². The monoisotopic (exact) mass is 87.0 g/mol. The van der Waals surface area contributed by atoms with Gasteiger partial charge in [-0.25, -0.2) is 5.11 Å². The molecular weight excluding hydrogens is 84.0 g/mol. The van der Waals surface area contributed by atoms with Crippen LogP contribution in [0.15, 0.2) is 12.2 Å². The minimum Gasteiger partial charge on any atom is -0.457 e. The van der Waals surface area contributed by atoms with Crippen LogP contribution in [0.1, 0.15) is 0 Å². The molecule has 0 bridgehead atoms. The van der Waals surface area contributed by atoms with Crippen LogP contribution in [0.25, 0.3) is 0 Å². The SMILES string of the molecule is [O]C1=COCO1. The third-order valence-corrected chi connectivity index (χ3v) is 0.449. The summed E-state index contributed by atoms with van der Waals surface area (Å²) >= 11 is 0. The van der Waals surface area contributed by atoms with E-state index in [-0.39, 0.29) is 6.79 Å². The minimum absolute atomic E-state index is 0.0822. The highest BCUT2D eigenvalue weighted by Gasteiger charge is 2.01. The Balaban J connectivity index is 2.45. The van der Waals surface area contributed by atoms with Gasteiger partial charge in [-0.3, -0.25) is 0 Å². The molecule has 0 amide bonds. The lowest BCUT2D eigenvalue weighted by Gasteiger charge is -1.83. The first-order valence-electron chi connectivity index (χ1n) is 1.51. The molecular formula is C3H3O3. The predicted molar refractivity (Wildman–Crippen MR) is 15.8 cm³/mol. The van der Waals surface area contributed by atoms with Gasteiger partial charge in [0.2, 0.25) is 6.79 Å². The van der Waals surface area contributed by atoms with Crippen molar-refractivity contribution in [1.82, 2.24) is 0 Å². The molecule has 1 aliphatic heterocycles. The molecule has 1 heterocycles. The van der Waals surface area contributed by atoms with Crippen molar-refractivity contribution in [2.45, 2.75) is 0 Å². The summed E-state index contributed by atoms with van der Waals surface area (Å²) in [5.74, 6) is -0.394. The summed E-state index contributed by atoms with van der Waals surface area (Å²) in [7, 11) is 0. The van der Waals surface area contributed by atoms with Crippen LogP contribution in [0.2, 0.25) is 0 Å². The second-order valence-electron chi connectivity index (χ2n) is 0.866. The van der Waals surface area contributed by atoms with Crippen molar-refractivity contribution in [3.05, 3.63) is 12.2 Å². The molecule has 0 saturated carbocycles. The van der Waals surface area contributed by atoms with Crippen molar-refractivity contribution >= 4 is 0 Å². The van der Waals surface area contributed by atoms with E-state index in [2.05, 4.69) is 9.47 Å². The van der Waals surface area contributed by atoms with Crippen LogP contribution in [0.4, 0.5) is 0 Å². The third kappa shape index (κ3) is 0.381. The Morgan fingerprint density at radius 3 is 2.83 bits per heavy atom. The van der Waals surface area contributed by atoms with Gasteiger partial charge < -0.3 is 9.47 Å². The van der Waals surface area contributed by atoms with E-state index in [1.165, 1.54) is 0 Å². The fourth-order valence-electron chi connectivity index (χ4n) is 0.228. The Labute approximate surface area is 34.8 Å². The molecule has 0 aromatic heterocycles. The smallest absolute Gasteiger partial charge is 0.368 e. The highest BCUT2D eigenvalue weighted by Crippen LogP contribution is 2.00. The van der Waals surface area contributed by atoms with Crippen molar-refractivity contribution in [1.29, 1.82) is 0 Å². The van der Waals surface area contributed by atoms with E-state index in [1.54, 1.807) is 0 Å². The van der Waals surface area contributed by atoms with Gasteiger partial charge in [-0.15, -0.1) is 0 Å². The molecule has 0 N–H and O–H groups in total. The largest absolute Gasteiger partial charge is 0.457 e. The number of hydrogen-bond acceptors (Lipinski definition) is 2. The van der Waals surface area contributed by atoms with Gasteiger partial charge >= 0.3 is 5.95 Å². The Morgan fingerprint density at radius 1 is 1.83 bits per heavy atom. The van der Waals surface area contributed by atoms with E-state index in [9.17, 15) is 5.11 Å². The lowest BCUT2D eigenvalue weighted by Crippen LogP contribution is -1.80. The maximum absolute atomic E-state index is 9.84. The van der Waals surface area contributed by atoms with Gasteiger partial charge in [-0.2, -0.15) is 0 Å². The van der Waals surface area contributed by atoms with Crippen LogP contribution in [0.5, 0.6) is 0 Å². The predicted octanol–water partition coefficient (Wildman–Crippen LogP) is 0.220. The average molecular weight is 87.1 g/mol. The summed E-state index contributed by atoms with van der Waals surface area (Å²) in [4.78, 5) is 0. The summed E-state index contributed by atoms with van der Waals surface area (Å²) in [5, 5.41) is 9.84. The number of rotatable bonds is 0. The van der Waals surface area contributed by atoms with Crippen molar-refractivity contribution in [3.8, 4) is 0 Å². The van der Waals surface area contributed by atoms with Gasteiger partial charge in [0.15, 0.2) is 6.26 Å². The highest BCUT2D eigenvalue weighted by molar-refractivity contribution is 4.73. The first-order chi connectivity index (χ1) is 2.89. The molecule has 0 aromatic carbocycles. The Hall–Kier alpha value is -0.860. The molecule has 0 aromatic rings. The highest BCUT2D eigenvalue weighted by atomic mass is 16.7. The quantitative estimate of drug-likeness (QED) is 0.424. The zero-order valence-corrected chi connectivity index (χ0v) is 3.01. The summed E-state index contributed by atoms with van der Waals surface area (Å²) in [5.41, 5.74) is 0. The standard InChI is InChI=1S/C3H3O3/c4-3-1-5-2-6-3/h1H,2H2. The maximum atomic E-state index is 9.84. The van der Waals surface area contributed by atoms with Gasteiger partial charge in [0.1, 0.15) is 0 Å². The molecule has 33 valence electrons. The van der Waals surface area contributed by atoms with Gasteiger partial charge in [-0.1, -0.05) is 0 Å². The van der Waals surface area contributed by atoms with Crippen LogP contribution in [0, 0.1) is 0 Å². The molecule has 1 aliphatic rings. The van der Waals surface area contributed by atoms with E-state index in [1.807, 2.05) is 0 Å². The van der Waals surface area contributed by atoms with E-state index >= 15 is 0 Å². The molecule has 1 radical (unpaired) electrons. The first-order valence-corrected chi connectivity index (χ1v) is 1.51. The third-order valence-electron chi connectivity index (χ3n) is 0.449. The average Bonchev–Trinajstić information content (AvgIpc) is 1.86. The van der Waals surface area contributed by atoms with Gasteiger partial charge in [-0.05, 0) is 0 Å². The zero-order chi connectivity index (χ0) is 4.41. The zero-order valence-electron chi connectivity index (χ0n) is 3.01. The van der Waals surface area contributed by atoms with Gasteiger partial charge in [0.05, 0.1) is 0 Å². The lowest BCUT2D eigenvalue weighted by atomic mass is 11.0. The molecule has 0 spiro atoms. The molecule has 0 saturated heterocycles. The van der Waals surface area contributed by atoms with Gasteiger partial charge in [0, 0.05) is 0 Å². The van der Waals surface area contributed by atoms with Crippen LogP contribution in [-0.2, 0) is 14.6 Å². The molecule has 3 heteroatoms. The fraction of sp³-hybridized carbons (Fsp3) is 0.333. The summed E-state index contributed by atoms with van der Waals surface area (Å²) in [6, 6.07) is 0. The number of ether oxygens (including phenoxy) is 2. The van der Waals surface area contributed by atoms with Crippen molar-refractivity contribution in [2.24, 2.45) is 0 Å². The topological polar surface area (TPSA) is 38.4 Å². The van der Waals surface area contributed by atoms with Crippen molar-refractivity contribution in [3.63, 3.8) is 0 Å². The van der Waals surface area contributed by atoms with Crippen LogP contribution in [-0.4, -0.2) is 6.79 Å². The van der Waals surface area contributed by atoms with Crippen LogP contribution >= 0.6 is 0 Å². The van der Waals surface area contributed by atoms with E-state index in [0.717, 1.165) is 6.26 Å². The first kappa shape index (κ1) is 3.33. The molecule has 3 nitrogen and oxygen atoms in total. The Bertz CT molecular complexity index is 76.1. The summed E-state index contributed by atoms with van der Waals surface area (Å²) in [6.07, 6.45) is 1.04. The van der Waals surface area contributed by atoms with Crippen molar-refractivity contribution in [2.75, 3.05) is 6.79 Å². The van der Waals surface area contributed by atoms with Crippen LogP contribution < -0.4 is 0 Å². The summed E-state index contributed by atoms with van der Waals surface area (Å²) in [6.45, 7) is 0.0822. The van der Waals surface area contributed by atoms with Crippen LogP contribution in [0.3, 0.4) is 0 Å². The molecule has 6 heavy (non-hydrogen) atoms. The minimum atomic E-state index is -0.394. The second kappa shape index (κ2) is 1.08. The number of hydrogen-bond donors (Lipinski definition) is 0. The van der Waals surface area contributed by atoms with Gasteiger partial charge in [0.25, 0.3) is 0 Å². The molecule has 1 rings (SSSR count). The lowest BCUT2D eigenvalue weighted by molar-refractivity contribution is 0.0170. The molecule has 0 fully saturated rings. The van der Waals surface area contributed by atoms with E-state index in [4.69, 9.17) is 0 Å². The molecule has 0 aliphatic carbocycles.